The second kappa shape index (κ2) is 9.40. The van der Waals surface area contributed by atoms with Gasteiger partial charge in [0.2, 0.25) is 0 Å². The van der Waals surface area contributed by atoms with Crippen molar-refractivity contribution in [1.29, 1.82) is 5.26 Å². The summed E-state index contributed by atoms with van der Waals surface area (Å²) in [4.78, 5) is 17.0. The normalized spacial score (nSPS) is 20.1. The third-order valence-electron chi connectivity index (χ3n) is 7.92. The van der Waals surface area contributed by atoms with Crippen LogP contribution in [0.2, 0.25) is 0 Å². The Morgan fingerprint density at radius 2 is 2.05 bits per heavy atom. The average molecular weight is 520 g/mol. The maximum atomic E-state index is 14.4. The van der Waals surface area contributed by atoms with E-state index in [0.29, 0.717) is 37.0 Å². The van der Waals surface area contributed by atoms with Gasteiger partial charge in [-0.05, 0) is 49.8 Å². The van der Waals surface area contributed by atoms with Crippen LogP contribution in [-0.4, -0.2) is 50.6 Å². The van der Waals surface area contributed by atoms with Gasteiger partial charge in [0.25, 0.3) is 0 Å². The number of carboxylic acids is 1. The largest absolute Gasteiger partial charge is 0.494 e. The lowest BCUT2D eigenvalue weighted by molar-refractivity contribution is -0.166. The molecule has 0 atom stereocenters. The summed E-state index contributed by atoms with van der Waals surface area (Å²) in [5.41, 5.74) is 2.88. The summed E-state index contributed by atoms with van der Waals surface area (Å²) in [6.07, 6.45) is 3.78. The van der Waals surface area contributed by atoms with Gasteiger partial charge < -0.3 is 19.1 Å². The molecule has 0 amide bonds. The number of carboxylic acid groups (broad SMARTS) is 1. The highest BCUT2D eigenvalue weighted by Crippen LogP contribution is 2.48. The number of rotatable bonds is 7. The van der Waals surface area contributed by atoms with Crippen molar-refractivity contribution in [2.45, 2.75) is 62.9 Å². The number of ether oxygens (including phenoxy) is 2. The quantitative estimate of drug-likeness (QED) is 0.336. The number of H-pyrrole nitrogens is 1. The van der Waals surface area contributed by atoms with E-state index in [1.165, 1.54) is 20.3 Å². The van der Waals surface area contributed by atoms with Crippen molar-refractivity contribution in [2.24, 2.45) is 0 Å². The Hall–Kier alpha value is -3.97. The molecule has 2 N–H and O–H groups in total. The van der Waals surface area contributed by atoms with Crippen LogP contribution in [0.5, 0.6) is 5.75 Å². The third-order valence-corrected chi connectivity index (χ3v) is 7.92. The topological polar surface area (TPSA) is 126 Å². The summed E-state index contributed by atoms with van der Waals surface area (Å²) in [6, 6.07) is 9.01. The number of nitriles is 1. The zero-order valence-corrected chi connectivity index (χ0v) is 21.8. The lowest BCUT2D eigenvalue weighted by Crippen LogP contribution is -2.43. The fraction of sp³-hybridized carbons (Fsp3) is 0.429. The van der Waals surface area contributed by atoms with Gasteiger partial charge in [-0.2, -0.15) is 10.4 Å². The molecule has 0 bridgehead atoms. The first-order valence-corrected chi connectivity index (χ1v) is 12.5. The Labute approximate surface area is 219 Å². The molecule has 198 valence electrons. The van der Waals surface area contributed by atoms with Gasteiger partial charge in [-0.3, -0.25) is 5.10 Å². The molecule has 9 nitrogen and oxygen atoms in total. The monoisotopic (exact) mass is 519 g/mol. The molecule has 0 radical (unpaired) electrons. The molecule has 0 aliphatic heterocycles. The Bertz CT molecular complexity index is 1570. The Morgan fingerprint density at radius 1 is 1.32 bits per heavy atom. The van der Waals surface area contributed by atoms with E-state index in [4.69, 9.17) is 14.5 Å². The number of fused-ring (bicyclic) bond motifs is 2. The second-order valence-electron chi connectivity index (χ2n) is 10.6. The number of hydrogen-bond donors (Lipinski definition) is 2. The molecule has 0 spiro atoms. The lowest BCUT2D eigenvalue weighted by atomic mass is 9.73. The minimum Gasteiger partial charge on any atom is -0.494 e. The van der Waals surface area contributed by atoms with E-state index >= 15 is 0 Å². The van der Waals surface area contributed by atoms with Crippen LogP contribution in [0.1, 0.15) is 63.1 Å². The molecule has 1 saturated carbocycles. The number of halogens is 1. The van der Waals surface area contributed by atoms with Crippen molar-refractivity contribution in [2.75, 3.05) is 14.2 Å². The van der Waals surface area contributed by atoms with Crippen LogP contribution in [0.4, 0.5) is 4.39 Å². The average Bonchev–Trinajstić information content (AvgIpc) is 3.50. The summed E-state index contributed by atoms with van der Waals surface area (Å²) >= 11 is 0. The van der Waals surface area contributed by atoms with Gasteiger partial charge >= 0.3 is 5.97 Å². The lowest BCUT2D eigenvalue weighted by Gasteiger charge is -2.37. The van der Waals surface area contributed by atoms with Gasteiger partial charge in [0.15, 0.2) is 22.8 Å². The SMILES string of the molecule is COc1cc(-n2c(C(C)(C)CC#N)c(C3CCC(OC)(C(=O)O)CC3)c3nc4[nH]ncc4cc32)ccc1F. The van der Waals surface area contributed by atoms with Crippen molar-refractivity contribution in [1.82, 2.24) is 19.7 Å². The summed E-state index contributed by atoms with van der Waals surface area (Å²) in [6.45, 7) is 4.02. The molecule has 0 unspecified atom stereocenters. The first kappa shape index (κ1) is 25.7. The summed E-state index contributed by atoms with van der Waals surface area (Å²) in [7, 11) is 2.87. The molecule has 0 saturated heterocycles. The van der Waals surface area contributed by atoms with Crippen LogP contribution in [0.3, 0.4) is 0 Å². The second-order valence-corrected chi connectivity index (χ2v) is 10.6. The predicted octanol–water partition coefficient (Wildman–Crippen LogP) is 5.37. The van der Waals surface area contributed by atoms with Gasteiger partial charge in [0.1, 0.15) is 0 Å². The fourth-order valence-electron chi connectivity index (χ4n) is 5.86. The van der Waals surface area contributed by atoms with E-state index in [2.05, 4.69) is 16.3 Å². The van der Waals surface area contributed by atoms with Gasteiger partial charge in [-0.15, -0.1) is 0 Å². The molecule has 10 heteroatoms. The minimum absolute atomic E-state index is 0.0236. The number of nitrogens with zero attached hydrogens (tertiary/aromatic N) is 4. The van der Waals surface area contributed by atoms with Gasteiger partial charge in [-0.25, -0.2) is 14.2 Å². The van der Waals surface area contributed by atoms with Crippen molar-refractivity contribution >= 4 is 28.0 Å². The highest BCUT2D eigenvalue weighted by Gasteiger charge is 2.45. The number of aromatic amines is 1. The number of aromatic nitrogens is 4. The van der Waals surface area contributed by atoms with Crippen LogP contribution >= 0.6 is 0 Å². The summed E-state index contributed by atoms with van der Waals surface area (Å²) in [5.74, 6) is -1.35. The van der Waals surface area contributed by atoms with Crippen LogP contribution in [-0.2, 0) is 14.9 Å². The van der Waals surface area contributed by atoms with Crippen LogP contribution in [0, 0.1) is 17.1 Å². The fourth-order valence-corrected chi connectivity index (χ4v) is 5.86. The van der Waals surface area contributed by atoms with Gasteiger partial charge in [0, 0.05) is 47.3 Å². The molecule has 4 aromatic rings. The Balaban J connectivity index is 1.82. The highest BCUT2D eigenvalue weighted by atomic mass is 19.1. The van der Waals surface area contributed by atoms with Crippen LogP contribution in [0.15, 0.2) is 30.5 Å². The Morgan fingerprint density at radius 3 is 2.68 bits per heavy atom. The zero-order chi connectivity index (χ0) is 27.2. The van der Waals surface area contributed by atoms with Crippen molar-refractivity contribution in [3.05, 3.63) is 47.5 Å². The van der Waals surface area contributed by atoms with E-state index in [1.54, 1.807) is 18.3 Å². The first-order chi connectivity index (χ1) is 18.2. The minimum atomic E-state index is -1.22. The molecule has 1 aromatic carbocycles. The Kier molecular flexibility index (Phi) is 6.35. The number of benzene rings is 1. The number of aliphatic carboxylic acids is 1. The molecule has 3 heterocycles. The van der Waals surface area contributed by atoms with Crippen molar-refractivity contribution < 1.29 is 23.8 Å². The number of pyridine rings is 1. The number of methoxy groups -OCH3 is 2. The van der Waals surface area contributed by atoms with Gasteiger partial charge in [0.05, 0.1) is 30.4 Å². The maximum Gasteiger partial charge on any atom is 0.335 e. The maximum absolute atomic E-state index is 14.4. The molecule has 38 heavy (non-hydrogen) atoms. The molecular weight excluding hydrogens is 489 g/mol. The van der Waals surface area contributed by atoms with Crippen LogP contribution in [0.25, 0.3) is 27.8 Å². The predicted molar refractivity (Wildman–Crippen MR) is 139 cm³/mol. The van der Waals surface area contributed by atoms with E-state index in [1.807, 2.05) is 24.5 Å². The number of carbonyl (C=O) groups is 1. The zero-order valence-electron chi connectivity index (χ0n) is 21.8. The smallest absolute Gasteiger partial charge is 0.335 e. The van der Waals surface area contributed by atoms with Gasteiger partial charge in [-0.1, -0.05) is 13.8 Å². The van der Waals surface area contributed by atoms with Crippen molar-refractivity contribution in [3.63, 3.8) is 0 Å². The summed E-state index contributed by atoms with van der Waals surface area (Å²) in [5, 5.41) is 27.5. The molecular formula is C28H30FN5O4. The molecule has 1 aliphatic carbocycles. The van der Waals surface area contributed by atoms with E-state index in [9.17, 15) is 19.6 Å². The molecule has 1 aliphatic rings. The highest BCUT2D eigenvalue weighted by molar-refractivity contribution is 5.94. The number of hydrogen-bond acceptors (Lipinski definition) is 6. The molecule has 5 rings (SSSR count). The van der Waals surface area contributed by atoms with E-state index < -0.39 is 22.8 Å². The van der Waals surface area contributed by atoms with E-state index in [-0.39, 0.29) is 18.1 Å². The molecule has 3 aromatic heterocycles. The first-order valence-electron chi connectivity index (χ1n) is 12.5. The standard InChI is InChI=1S/C28H30FN5O4/c1-27(2,11-12-30)24-22(16-7-9-28(38-4,10-8-16)26(35)36)23-20(13-17-15-31-33-25(17)32-23)34(24)18-5-6-19(29)21(14-18)37-3/h5-6,13-16H,7-11H2,1-4H3,(H,35,36)(H,31,32,33). The number of nitrogens with one attached hydrogen (secondary N) is 1. The molecule has 1 fully saturated rings. The van der Waals surface area contributed by atoms with Crippen molar-refractivity contribution in [3.8, 4) is 17.5 Å². The summed E-state index contributed by atoms with van der Waals surface area (Å²) < 4.78 is 27.2. The van der Waals surface area contributed by atoms with Crippen LogP contribution < -0.4 is 4.74 Å². The van der Waals surface area contributed by atoms with E-state index in [0.717, 1.165) is 27.7 Å². The third kappa shape index (κ3) is 3.98.